The van der Waals surface area contributed by atoms with Crippen LogP contribution in [0, 0.1) is 5.92 Å². The van der Waals surface area contributed by atoms with E-state index < -0.39 is 11.9 Å². The van der Waals surface area contributed by atoms with E-state index in [2.05, 4.69) is 4.99 Å². The van der Waals surface area contributed by atoms with E-state index in [0.717, 1.165) is 16.8 Å². The maximum absolute atomic E-state index is 11.5. The molecule has 0 bridgehead atoms. The molecule has 2 aromatic carbocycles. The Morgan fingerprint density at radius 2 is 1.60 bits per heavy atom. The highest BCUT2D eigenvalue weighted by Gasteiger charge is 2.35. The number of rotatable bonds is 3. The van der Waals surface area contributed by atoms with Crippen molar-refractivity contribution < 1.29 is 9.90 Å². The summed E-state index contributed by atoms with van der Waals surface area (Å²) in [6.07, 6.45) is 0.485. The van der Waals surface area contributed by atoms with Gasteiger partial charge in [-0.3, -0.25) is 9.79 Å². The Hall–Kier alpha value is -2.42. The monoisotopic (exact) mass is 265 g/mol. The zero-order valence-electron chi connectivity index (χ0n) is 10.9. The highest BCUT2D eigenvalue weighted by Crippen LogP contribution is 2.36. The van der Waals surface area contributed by atoms with Gasteiger partial charge in [-0.1, -0.05) is 60.7 Å². The molecule has 0 saturated carbocycles. The van der Waals surface area contributed by atoms with Crippen LogP contribution in [-0.2, 0) is 4.79 Å². The molecule has 1 aliphatic heterocycles. The first-order chi connectivity index (χ1) is 9.75. The standard InChI is InChI=1S/C17H15NO2/c19-17(20)14-11-15(12-7-3-1-4-8-12)18-16(14)13-9-5-2-6-10-13/h1-10,14,16H,11H2,(H,19,20)/t14-,16?/m1/s1. The van der Waals surface area contributed by atoms with Gasteiger partial charge in [0.05, 0.1) is 12.0 Å². The Balaban J connectivity index is 1.98. The van der Waals surface area contributed by atoms with E-state index in [1.54, 1.807) is 0 Å². The normalized spacial score (nSPS) is 21.5. The summed E-state index contributed by atoms with van der Waals surface area (Å²) in [6.45, 7) is 0. The second-order valence-electron chi connectivity index (χ2n) is 4.95. The Morgan fingerprint density at radius 3 is 2.20 bits per heavy atom. The predicted octanol–water partition coefficient (Wildman–Crippen LogP) is 3.32. The average Bonchev–Trinajstić information content (AvgIpc) is 2.94. The molecule has 0 aliphatic carbocycles. The molecule has 1 unspecified atom stereocenters. The van der Waals surface area contributed by atoms with Gasteiger partial charge in [-0.15, -0.1) is 0 Å². The second-order valence-corrected chi connectivity index (χ2v) is 4.95. The topological polar surface area (TPSA) is 49.7 Å². The number of nitrogens with zero attached hydrogens (tertiary/aromatic N) is 1. The van der Waals surface area contributed by atoms with Crippen LogP contribution in [-0.4, -0.2) is 16.8 Å². The maximum atomic E-state index is 11.5. The average molecular weight is 265 g/mol. The zero-order chi connectivity index (χ0) is 13.9. The third-order valence-corrected chi connectivity index (χ3v) is 3.65. The van der Waals surface area contributed by atoms with Gasteiger partial charge in [0.1, 0.15) is 0 Å². The summed E-state index contributed by atoms with van der Waals surface area (Å²) in [4.78, 5) is 16.2. The lowest BCUT2D eigenvalue weighted by Gasteiger charge is -2.13. The SMILES string of the molecule is O=C(O)[C@@H]1CC(c2ccccc2)=NC1c1ccccc1. The van der Waals surface area contributed by atoms with E-state index in [-0.39, 0.29) is 6.04 Å². The summed E-state index contributed by atoms with van der Waals surface area (Å²) in [5, 5.41) is 9.44. The van der Waals surface area contributed by atoms with Gasteiger partial charge in [-0.25, -0.2) is 0 Å². The first kappa shape index (κ1) is 12.6. The molecule has 0 spiro atoms. The van der Waals surface area contributed by atoms with Crippen LogP contribution in [0.2, 0.25) is 0 Å². The van der Waals surface area contributed by atoms with Crippen LogP contribution in [0.4, 0.5) is 0 Å². The van der Waals surface area contributed by atoms with Crippen LogP contribution in [0.3, 0.4) is 0 Å². The number of hydrogen-bond donors (Lipinski definition) is 1. The Kier molecular flexibility index (Phi) is 3.33. The van der Waals surface area contributed by atoms with E-state index >= 15 is 0 Å². The van der Waals surface area contributed by atoms with Gasteiger partial charge in [-0.05, 0) is 11.1 Å². The van der Waals surface area contributed by atoms with Crippen LogP contribution in [0.1, 0.15) is 23.6 Å². The zero-order valence-corrected chi connectivity index (χ0v) is 10.9. The summed E-state index contributed by atoms with van der Waals surface area (Å²) in [7, 11) is 0. The van der Waals surface area contributed by atoms with E-state index in [0.29, 0.717) is 6.42 Å². The number of aliphatic imine (C=N–C) groups is 1. The number of benzene rings is 2. The summed E-state index contributed by atoms with van der Waals surface area (Å²) >= 11 is 0. The van der Waals surface area contributed by atoms with Crippen molar-refractivity contribution in [2.45, 2.75) is 12.5 Å². The van der Waals surface area contributed by atoms with E-state index in [4.69, 9.17) is 0 Å². The molecule has 0 aromatic heterocycles. The van der Waals surface area contributed by atoms with Crippen molar-refractivity contribution in [3.05, 3.63) is 71.8 Å². The molecule has 0 fully saturated rings. The summed E-state index contributed by atoms with van der Waals surface area (Å²) < 4.78 is 0. The molecule has 3 heteroatoms. The second kappa shape index (κ2) is 5.29. The van der Waals surface area contributed by atoms with Crippen molar-refractivity contribution in [3.63, 3.8) is 0 Å². The Bertz CT molecular complexity index is 635. The third-order valence-electron chi connectivity index (χ3n) is 3.65. The number of aliphatic carboxylic acids is 1. The number of carbonyl (C=O) groups is 1. The van der Waals surface area contributed by atoms with Crippen LogP contribution in [0.25, 0.3) is 0 Å². The number of carboxylic acids is 1. The first-order valence-corrected chi connectivity index (χ1v) is 6.65. The van der Waals surface area contributed by atoms with Crippen LogP contribution >= 0.6 is 0 Å². The molecule has 1 aliphatic rings. The lowest BCUT2D eigenvalue weighted by molar-refractivity contribution is -0.141. The first-order valence-electron chi connectivity index (χ1n) is 6.65. The highest BCUT2D eigenvalue weighted by molar-refractivity contribution is 6.04. The summed E-state index contributed by atoms with van der Waals surface area (Å²) in [5.74, 6) is -1.26. The molecule has 0 saturated heterocycles. The lowest BCUT2D eigenvalue weighted by Crippen LogP contribution is -2.18. The van der Waals surface area contributed by atoms with Gasteiger partial charge >= 0.3 is 5.97 Å². The van der Waals surface area contributed by atoms with Gasteiger partial charge in [-0.2, -0.15) is 0 Å². The predicted molar refractivity (Wildman–Crippen MR) is 77.9 cm³/mol. The molecule has 20 heavy (non-hydrogen) atoms. The van der Waals surface area contributed by atoms with Gasteiger partial charge in [0.15, 0.2) is 0 Å². The minimum atomic E-state index is -0.784. The minimum absolute atomic E-state index is 0.288. The molecule has 100 valence electrons. The van der Waals surface area contributed by atoms with Gasteiger partial charge < -0.3 is 5.11 Å². The Morgan fingerprint density at radius 1 is 1.00 bits per heavy atom. The molecule has 3 rings (SSSR count). The molecule has 0 amide bonds. The smallest absolute Gasteiger partial charge is 0.309 e. The van der Waals surface area contributed by atoms with Gasteiger partial charge in [0, 0.05) is 12.1 Å². The minimum Gasteiger partial charge on any atom is -0.481 e. The molecule has 1 N–H and O–H groups in total. The largest absolute Gasteiger partial charge is 0.481 e. The van der Waals surface area contributed by atoms with Crippen molar-refractivity contribution in [1.29, 1.82) is 0 Å². The molecule has 2 aromatic rings. The summed E-state index contributed by atoms with van der Waals surface area (Å²) in [5.41, 5.74) is 2.86. The molecule has 0 radical (unpaired) electrons. The Labute approximate surface area is 117 Å². The quantitative estimate of drug-likeness (QED) is 0.925. The third kappa shape index (κ3) is 2.35. The van der Waals surface area contributed by atoms with Crippen LogP contribution in [0.15, 0.2) is 65.7 Å². The van der Waals surface area contributed by atoms with Crippen molar-refractivity contribution in [2.24, 2.45) is 10.9 Å². The van der Waals surface area contributed by atoms with Gasteiger partial charge in [0.2, 0.25) is 0 Å². The number of hydrogen-bond acceptors (Lipinski definition) is 2. The van der Waals surface area contributed by atoms with E-state index in [1.165, 1.54) is 0 Å². The summed E-state index contributed by atoms with van der Waals surface area (Å²) in [6, 6.07) is 19.2. The molecule has 3 nitrogen and oxygen atoms in total. The fourth-order valence-electron chi connectivity index (χ4n) is 2.63. The lowest BCUT2D eigenvalue weighted by atomic mass is 9.92. The van der Waals surface area contributed by atoms with E-state index in [1.807, 2.05) is 60.7 Å². The molecular formula is C17H15NO2. The molecule has 2 atom stereocenters. The molecule has 1 heterocycles. The van der Waals surface area contributed by atoms with Gasteiger partial charge in [0.25, 0.3) is 0 Å². The van der Waals surface area contributed by atoms with E-state index in [9.17, 15) is 9.90 Å². The maximum Gasteiger partial charge on any atom is 0.309 e. The van der Waals surface area contributed by atoms with Crippen molar-refractivity contribution in [3.8, 4) is 0 Å². The fourth-order valence-corrected chi connectivity index (χ4v) is 2.63. The number of carboxylic acid groups (broad SMARTS) is 1. The van der Waals surface area contributed by atoms with Crippen molar-refractivity contribution >= 4 is 11.7 Å². The van der Waals surface area contributed by atoms with Crippen molar-refractivity contribution in [2.75, 3.05) is 0 Å². The fraction of sp³-hybridized carbons (Fsp3) is 0.176. The highest BCUT2D eigenvalue weighted by atomic mass is 16.4. The molecular weight excluding hydrogens is 250 g/mol. The van der Waals surface area contributed by atoms with Crippen LogP contribution < -0.4 is 0 Å². The van der Waals surface area contributed by atoms with Crippen LogP contribution in [0.5, 0.6) is 0 Å². The van der Waals surface area contributed by atoms with Crippen molar-refractivity contribution in [1.82, 2.24) is 0 Å².